The molecule has 2 aliphatic rings. The number of rotatable bonds is 5. The van der Waals surface area contributed by atoms with Gasteiger partial charge >= 0.3 is 0 Å². The summed E-state index contributed by atoms with van der Waals surface area (Å²) in [5.74, 6) is 0.00308. The summed E-state index contributed by atoms with van der Waals surface area (Å²) >= 11 is 0. The smallest absolute Gasteiger partial charge is 0.254 e. The molecule has 2 N–H and O–H groups in total. The third-order valence-electron chi connectivity index (χ3n) is 6.40. The van der Waals surface area contributed by atoms with Crippen molar-refractivity contribution in [3.8, 4) is 0 Å². The van der Waals surface area contributed by atoms with Crippen molar-refractivity contribution in [2.24, 2.45) is 5.92 Å². The van der Waals surface area contributed by atoms with E-state index in [0.29, 0.717) is 35.7 Å². The van der Waals surface area contributed by atoms with Crippen molar-refractivity contribution >= 4 is 23.4 Å². The van der Waals surface area contributed by atoms with Gasteiger partial charge in [0.05, 0.1) is 0 Å². The molecule has 6 nitrogen and oxygen atoms in total. The zero-order valence-corrected chi connectivity index (χ0v) is 17.8. The number of nitrogens with zero attached hydrogens (tertiary/aromatic N) is 1. The van der Waals surface area contributed by atoms with Gasteiger partial charge in [-0.25, -0.2) is 0 Å². The first-order valence-corrected chi connectivity index (χ1v) is 11.2. The normalized spacial score (nSPS) is 22.5. The molecule has 2 aromatic rings. The van der Waals surface area contributed by atoms with Crippen molar-refractivity contribution in [3.63, 3.8) is 0 Å². The molecule has 0 bridgehead atoms. The zero-order valence-electron chi connectivity index (χ0n) is 17.8. The summed E-state index contributed by atoms with van der Waals surface area (Å²) in [5, 5.41) is 5.72. The molecular formula is C25H29N3O3. The summed E-state index contributed by atoms with van der Waals surface area (Å²) in [6.45, 7) is 2.43. The van der Waals surface area contributed by atoms with Gasteiger partial charge in [0.1, 0.15) is 6.04 Å². The van der Waals surface area contributed by atoms with E-state index in [2.05, 4.69) is 10.6 Å². The van der Waals surface area contributed by atoms with Crippen molar-refractivity contribution < 1.29 is 14.4 Å². The quantitative estimate of drug-likeness (QED) is 0.773. The molecule has 1 saturated carbocycles. The minimum atomic E-state index is -0.483. The highest BCUT2D eigenvalue weighted by Gasteiger charge is 2.47. The summed E-state index contributed by atoms with van der Waals surface area (Å²) in [5.41, 5.74) is 1.80. The third-order valence-corrected chi connectivity index (χ3v) is 6.40. The lowest BCUT2D eigenvalue weighted by molar-refractivity contribution is -0.120. The van der Waals surface area contributed by atoms with E-state index in [1.165, 1.54) is 0 Å². The molecule has 31 heavy (non-hydrogen) atoms. The van der Waals surface area contributed by atoms with Crippen molar-refractivity contribution in [2.45, 2.75) is 51.1 Å². The van der Waals surface area contributed by atoms with Crippen LogP contribution in [0.1, 0.15) is 59.7 Å². The fourth-order valence-corrected chi connectivity index (χ4v) is 4.91. The lowest BCUT2D eigenvalue weighted by Gasteiger charge is -2.33. The first-order chi connectivity index (χ1) is 15.1. The number of benzene rings is 2. The molecule has 0 radical (unpaired) electrons. The number of amides is 3. The Morgan fingerprint density at radius 3 is 2.35 bits per heavy atom. The topological polar surface area (TPSA) is 78.5 Å². The minimum Gasteiger partial charge on any atom is -0.352 e. The van der Waals surface area contributed by atoms with E-state index in [0.717, 1.165) is 25.7 Å². The average Bonchev–Trinajstić information content (AvgIpc) is 3.19. The van der Waals surface area contributed by atoms with Crippen LogP contribution in [0.2, 0.25) is 0 Å². The number of carbonyl (C=O) groups is 3. The number of fused-ring (bicyclic) bond motifs is 1. The molecule has 3 atom stereocenters. The molecule has 0 spiro atoms. The Morgan fingerprint density at radius 1 is 0.935 bits per heavy atom. The van der Waals surface area contributed by atoms with Gasteiger partial charge in [-0.2, -0.15) is 0 Å². The summed E-state index contributed by atoms with van der Waals surface area (Å²) in [7, 11) is 0. The van der Waals surface area contributed by atoms with Gasteiger partial charge in [0.15, 0.2) is 0 Å². The fourth-order valence-electron chi connectivity index (χ4n) is 4.91. The van der Waals surface area contributed by atoms with Gasteiger partial charge < -0.3 is 15.5 Å². The SMILES string of the molecule is CCNC(=O)c1ccc(NC(=O)C2CC3CCCCC3N2C(=O)c2ccccc2)cc1. The highest BCUT2D eigenvalue weighted by atomic mass is 16.2. The Balaban J connectivity index is 1.52. The van der Waals surface area contributed by atoms with Crippen molar-refractivity contribution in [2.75, 3.05) is 11.9 Å². The molecule has 1 heterocycles. The summed E-state index contributed by atoms with van der Waals surface area (Å²) in [4.78, 5) is 40.4. The number of carbonyl (C=O) groups excluding carboxylic acids is 3. The van der Waals surface area contributed by atoms with E-state index in [1.54, 1.807) is 24.3 Å². The van der Waals surface area contributed by atoms with E-state index < -0.39 is 6.04 Å². The monoisotopic (exact) mass is 419 g/mol. The molecular weight excluding hydrogens is 390 g/mol. The number of anilines is 1. The Morgan fingerprint density at radius 2 is 1.65 bits per heavy atom. The molecule has 1 aliphatic carbocycles. The summed E-state index contributed by atoms with van der Waals surface area (Å²) in [6, 6.07) is 15.7. The predicted molar refractivity (Wildman–Crippen MR) is 120 cm³/mol. The van der Waals surface area contributed by atoms with Gasteiger partial charge in [-0.1, -0.05) is 31.0 Å². The van der Waals surface area contributed by atoms with Gasteiger partial charge in [-0.05, 0) is 68.5 Å². The van der Waals surface area contributed by atoms with Crippen LogP contribution in [0.5, 0.6) is 0 Å². The second kappa shape index (κ2) is 9.33. The van der Waals surface area contributed by atoms with Gasteiger partial charge in [0, 0.05) is 29.4 Å². The third kappa shape index (κ3) is 4.48. The fraction of sp³-hybridized carbons (Fsp3) is 0.400. The molecule has 162 valence electrons. The van der Waals surface area contributed by atoms with E-state index in [9.17, 15) is 14.4 Å². The van der Waals surface area contributed by atoms with Crippen molar-refractivity contribution in [1.29, 1.82) is 0 Å². The molecule has 1 saturated heterocycles. The van der Waals surface area contributed by atoms with Crippen LogP contribution < -0.4 is 10.6 Å². The first kappa shape index (κ1) is 21.1. The zero-order chi connectivity index (χ0) is 21.8. The van der Waals surface area contributed by atoms with Gasteiger partial charge in [0.25, 0.3) is 11.8 Å². The van der Waals surface area contributed by atoms with Gasteiger partial charge in [-0.15, -0.1) is 0 Å². The second-order valence-corrected chi connectivity index (χ2v) is 8.37. The van der Waals surface area contributed by atoms with Crippen LogP contribution >= 0.6 is 0 Å². The maximum absolute atomic E-state index is 13.4. The predicted octanol–water partition coefficient (Wildman–Crippen LogP) is 3.85. The first-order valence-electron chi connectivity index (χ1n) is 11.2. The molecule has 4 rings (SSSR count). The number of likely N-dealkylation sites (tertiary alicyclic amines) is 1. The molecule has 1 aliphatic heterocycles. The lowest BCUT2D eigenvalue weighted by atomic mass is 9.84. The number of hydrogen-bond acceptors (Lipinski definition) is 3. The summed E-state index contributed by atoms with van der Waals surface area (Å²) < 4.78 is 0. The molecule has 3 amide bonds. The minimum absolute atomic E-state index is 0.0678. The largest absolute Gasteiger partial charge is 0.352 e. The van der Waals surface area contributed by atoms with E-state index >= 15 is 0 Å². The average molecular weight is 420 g/mol. The Bertz CT molecular complexity index is 942. The Hall–Kier alpha value is -3.15. The van der Waals surface area contributed by atoms with Crippen LogP contribution in [-0.4, -0.2) is 41.2 Å². The van der Waals surface area contributed by atoms with Crippen LogP contribution in [0.3, 0.4) is 0 Å². The van der Waals surface area contributed by atoms with Gasteiger partial charge in [0.2, 0.25) is 5.91 Å². The van der Waals surface area contributed by atoms with E-state index in [-0.39, 0.29) is 23.8 Å². The van der Waals surface area contributed by atoms with Crippen LogP contribution in [0.25, 0.3) is 0 Å². The Labute approximate surface area is 183 Å². The van der Waals surface area contributed by atoms with Crippen LogP contribution in [0.15, 0.2) is 54.6 Å². The second-order valence-electron chi connectivity index (χ2n) is 8.37. The highest BCUT2D eigenvalue weighted by Crippen LogP contribution is 2.40. The van der Waals surface area contributed by atoms with Crippen LogP contribution in [-0.2, 0) is 4.79 Å². The maximum Gasteiger partial charge on any atom is 0.254 e. The van der Waals surface area contributed by atoms with Crippen LogP contribution in [0.4, 0.5) is 5.69 Å². The van der Waals surface area contributed by atoms with E-state index in [4.69, 9.17) is 0 Å². The number of nitrogens with one attached hydrogen (secondary N) is 2. The molecule has 2 fully saturated rings. The highest BCUT2D eigenvalue weighted by molar-refractivity contribution is 6.02. The summed E-state index contributed by atoms with van der Waals surface area (Å²) in [6.07, 6.45) is 4.97. The maximum atomic E-state index is 13.4. The van der Waals surface area contributed by atoms with Crippen LogP contribution in [0, 0.1) is 5.92 Å². The standard InChI is InChI=1S/C25H29N3O3/c1-2-26-23(29)17-12-14-20(15-13-17)27-24(30)22-16-19-10-6-7-11-21(19)28(22)25(31)18-8-4-3-5-9-18/h3-5,8-9,12-15,19,21-22H,2,6-7,10-11,16H2,1H3,(H,26,29)(H,27,30). The lowest BCUT2D eigenvalue weighted by Crippen LogP contribution is -2.47. The van der Waals surface area contributed by atoms with Crippen molar-refractivity contribution in [1.82, 2.24) is 10.2 Å². The Kier molecular flexibility index (Phi) is 6.35. The molecule has 2 aromatic carbocycles. The van der Waals surface area contributed by atoms with E-state index in [1.807, 2.05) is 42.2 Å². The molecule has 3 unspecified atom stereocenters. The van der Waals surface area contributed by atoms with Crippen molar-refractivity contribution in [3.05, 3.63) is 65.7 Å². The van der Waals surface area contributed by atoms with Gasteiger partial charge in [-0.3, -0.25) is 14.4 Å². The molecule has 6 heteroatoms. The molecule has 0 aromatic heterocycles. The number of hydrogen-bond donors (Lipinski definition) is 2.